The molecule has 15 N–H and O–H groups in total. The second-order valence-corrected chi connectivity index (χ2v) is 43.0. The highest BCUT2D eigenvalue weighted by atomic mass is 28.3. The van der Waals surface area contributed by atoms with Gasteiger partial charge in [0.2, 0.25) is 5.91 Å². The van der Waals surface area contributed by atoms with Crippen molar-refractivity contribution in [2.45, 2.75) is 188 Å². The number of nitrogens with one attached hydrogen (secondary N) is 2. The summed E-state index contributed by atoms with van der Waals surface area (Å²) in [6, 6.07) is 9.42. The maximum absolute atomic E-state index is 12.6. The van der Waals surface area contributed by atoms with Gasteiger partial charge in [-0.25, -0.2) is 14.4 Å². The second-order valence-electron chi connectivity index (χ2n) is 26.1. The van der Waals surface area contributed by atoms with E-state index in [0.717, 1.165) is 18.1 Å². The lowest BCUT2D eigenvalue weighted by Gasteiger charge is -2.23. The number of nitro benzene ring substituents is 2. The number of aliphatic hydroxyl groups is 1. The van der Waals surface area contributed by atoms with Crippen molar-refractivity contribution in [2.75, 3.05) is 26.4 Å². The molecule has 536 valence electrons. The largest absolute Gasteiger partial charge is 0.519 e. The number of nitrogens with two attached hydrogens (primary N) is 4. The summed E-state index contributed by atoms with van der Waals surface area (Å²) in [5.41, 5.74) is 19.9. The smallest absolute Gasteiger partial charge is 0.481 e. The van der Waals surface area contributed by atoms with Crippen LogP contribution < -0.4 is 43.0 Å². The van der Waals surface area contributed by atoms with Gasteiger partial charge in [-0.05, 0) is 85.8 Å². The highest BCUT2D eigenvalue weighted by molar-refractivity contribution is 6.76. The third kappa shape index (κ3) is 53.6. The number of ether oxygens (including phenoxy) is 4. The molecule has 2 aromatic carbocycles. The number of aliphatic hydroxyl groups excluding tert-OH is 1. The number of alkyl carbamates (subject to hydrolysis) is 1. The molecule has 2 rings (SSSR count). The quantitative estimate of drug-likeness (QED) is 0.00779. The fourth-order valence-electron chi connectivity index (χ4n) is 6.69. The third-order valence-corrected chi connectivity index (χ3v) is 17.8. The van der Waals surface area contributed by atoms with Crippen molar-refractivity contribution in [3.63, 3.8) is 0 Å². The number of unbranched alkanes of at least 4 members (excludes halogenated alkanes) is 1. The summed E-state index contributed by atoms with van der Waals surface area (Å²) in [6.45, 7) is 31.9. The summed E-state index contributed by atoms with van der Waals surface area (Å²) in [5, 5.41) is 69.2. The van der Waals surface area contributed by atoms with Gasteiger partial charge in [0, 0.05) is 74.5 Å². The van der Waals surface area contributed by atoms with Crippen LogP contribution in [0.3, 0.4) is 0 Å². The van der Waals surface area contributed by atoms with E-state index in [1.807, 2.05) is 0 Å². The lowest BCUT2D eigenvalue weighted by Crippen LogP contribution is -2.45. The molecule has 5 atom stereocenters. The monoisotopic (exact) mass is 1390 g/mol. The first-order valence-corrected chi connectivity index (χ1v) is 41.5. The zero-order valence-corrected chi connectivity index (χ0v) is 60.1. The Balaban J connectivity index is -0.000000549. The maximum Gasteiger partial charge on any atom is 0.519 e. The van der Waals surface area contributed by atoms with Crippen LogP contribution in [0.4, 0.5) is 25.8 Å². The van der Waals surface area contributed by atoms with Gasteiger partial charge in [0.15, 0.2) is 5.78 Å². The highest BCUT2D eigenvalue weighted by Crippen LogP contribution is 2.22. The zero-order valence-electron chi connectivity index (χ0n) is 57.1. The number of hydrogen-bond acceptors (Lipinski definition) is 21. The standard InChI is InChI=1S/C18H35N3O6Si.C13H8N2O7.C12H24O4Si.C7H14N2O3.C5H11NO2.C5H14OSi/c1-12(2)15(21-18(26)27-9-10-28(3,4)5)14(22)11-13(16(23)24)7-6-8-20-17(19)25;16-13(21-11-5-1-9(2-6-11)14(17)18)22-12-7-3-10(4-8-12)15(19)20;1-9(2)10(12(14)15)8-11(13)16-6-7-17(3,4)5;8-5(7(11)12)3-1-2-4-6(9)10;1-3(2)4(6)5(7)8;1-7(2,3)5-4-6/h12-13,15H,6-11H2,1-5H3,(H,21,26)(H,23,24)(H3,19,20,25);1-8H;9-10H,6-8H2,1-5H3,(H,14,15);5H,1-4,8H2,(H2,9,10)(H,11,12);3-4H,6H2,1-2H3,(H,7,8);6H,4-5H2,1-3H3/t13-,15?;;;5-;;/m1..0../s1. The minimum atomic E-state index is -1.34. The Morgan fingerprint density at radius 2 is 1.01 bits per heavy atom. The molecule has 3 unspecified atom stereocenters. The molecule has 0 radical (unpaired) electrons. The minimum Gasteiger partial charge on any atom is -0.481 e. The Morgan fingerprint density at radius 3 is 1.32 bits per heavy atom. The van der Waals surface area contributed by atoms with Crippen molar-refractivity contribution in [2.24, 2.45) is 52.5 Å². The van der Waals surface area contributed by atoms with Crippen LogP contribution in [0.1, 0.15) is 92.9 Å². The van der Waals surface area contributed by atoms with E-state index in [2.05, 4.69) is 69.6 Å². The number of carboxylic acids is 4. The molecule has 34 heteroatoms. The van der Waals surface area contributed by atoms with Crippen LogP contribution in [-0.2, 0) is 43.0 Å². The summed E-state index contributed by atoms with van der Waals surface area (Å²) in [7, 11) is -3.44. The number of carboxylic acid groups (broad SMARTS) is 4. The van der Waals surface area contributed by atoms with Crippen molar-refractivity contribution in [3.8, 4) is 11.5 Å². The number of non-ortho nitro benzene ring substituents is 2. The van der Waals surface area contributed by atoms with Crippen LogP contribution in [0.5, 0.6) is 11.5 Å². The number of benzene rings is 2. The second kappa shape index (κ2) is 48.7. The molecule has 0 aliphatic heterocycles. The summed E-state index contributed by atoms with van der Waals surface area (Å²) in [5.74, 6) is -6.72. The molecule has 0 bridgehead atoms. The zero-order chi connectivity index (χ0) is 73.9. The van der Waals surface area contributed by atoms with Gasteiger partial charge in [0.25, 0.3) is 11.4 Å². The van der Waals surface area contributed by atoms with Crippen molar-refractivity contribution < 1.29 is 102 Å². The summed E-state index contributed by atoms with van der Waals surface area (Å²) < 4.78 is 19.9. The molecule has 0 aliphatic carbocycles. The van der Waals surface area contributed by atoms with Gasteiger partial charge in [0.1, 0.15) is 23.6 Å². The van der Waals surface area contributed by atoms with Crippen LogP contribution >= 0.6 is 0 Å². The van der Waals surface area contributed by atoms with Crippen LogP contribution in [0.2, 0.25) is 77.1 Å². The Bertz CT molecular complexity index is 2590. The SMILES string of the molecule is CC(C)C(CC(=O)OCC[Si](C)(C)C)C(=O)O.CC(C)C(N)C(=O)O.CC(C)C(NC(=O)OCC[Si](C)(C)C)C(=O)C[C@@H](CCCNC(N)=O)C(=O)O.C[Si](C)(C)CCO.NC(=O)CCCC[C@H](N)C(=O)O.O=C(Oc1ccc([N+](=O)[O-])cc1)Oc1ccc([N+](=O)[O-])cc1. The number of nitro groups is 2. The van der Waals surface area contributed by atoms with E-state index < -0.39 is 112 Å². The molecule has 0 heterocycles. The number of aliphatic carboxylic acids is 4. The van der Waals surface area contributed by atoms with Crippen molar-refractivity contribution >= 4 is 95.4 Å². The number of rotatable bonds is 34. The number of urea groups is 1. The van der Waals surface area contributed by atoms with Gasteiger partial charge < -0.3 is 78.0 Å². The highest BCUT2D eigenvalue weighted by Gasteiger charge is 2.30. The fourth-order valence-corrected chi connectivity index (χ4v) is 8.79. The molecule has 0 spiro atoms. The number of ketones is 1. The lowest BCUT2D eigenvalue weighted by molar-refractivity contribution is -0.385. The lowest BCUT2D eigenvalue weighted by atomic mass is 9.90. The average molecular weight is 1390 g/mol. The number of hydrogen-bond donors (Lipinski definition) is 11. The van der Waals surface area contributed by atoms with E-state index in [9.17, 15) is 73.3 Å². The number of carbonyl (C=O) groups excluding carboxylic acids is 6. The summed E-state index contributed by atoms with van der Waals surface area (Å²) in [4.78, 5) is 131. The maximum atomic E-state index is 12.6. The molecule has 0 saturated heterocycles. The van der Waals surface area contributed by atoms with Crippen LogP contribution in [0, 0.1) is 49.8 Å². The molecule has 4 amide bonds. The van der Waals surface area contributed by atoms with E-state index in [1.54, 1.807) is 41.5 Å². The van der Waals surface area contributed by atoms with Gasteiger partial charge in [-0.2, -0.15) is 0 Å². The molecule has 0 aromatic heterocycles. The first-order chi connectivity index (χ1) is 43.1. The van der Waals surface area contributed by atoms with Gasteiger partial charge in [-0.15, -0.1) is 0 Å². The van der Waals surface area contributed by atoms with Crippen LogP contribution in [-0.4, -0.2) is 164 Å². The number of primary amides is 2. The van der Waals surface area contributed by atoms with E-state index in [4.69, 9.17) is 62.3 Å². The number of Topliss-reactive ketones (excluding diaryl/α,β-unsaturated/α-hetero) is 1. The van der Waals surface area contributed by atoms with E-state index in [-0.39, 0.29) is 78.1 Å². The van der Waals surface area contributed by atoms with E-state index in [1.165, 1.54) is 48.5 Å². The van der Waals surface area contributed by atoms with Crippen molar-refractivity contribution in [3.05, 3.63) is 68.8 Å². The van der Waals surface area contributed by atoms with E-state index >= 15 is 0 Å². The minimum absolute atomic E-state index is 0.0208. The normalized spacial score (nSPS) is 12.4. The fraction of sp³-hybridized carbons (Fsp3) is 0.633. The Hall–Kier alpha value is -7.93. The summed E-state index contributed by atoms with van der Waals surface area (Å²) in [6.07, 6.45) is 0.550. The molecule has 31 nitrogen and oxygen atoms in total. The predicted octanol–water partition coefficient (Wildman–Crippen LogP) is 8.69. The molecule has 2 aromatic rings. The predicted molar refractivity (Wildman–Crippen MR) is 360 cm³/mol. The van der Waals surface area contributed by atoms with Gasteiger partial charge in [-0.1, -0.05) is 107 Å². The first-order valence-electron chi connectivity index (χ1n) is 30.4. The average Bonchev–Trinajstić information content (AvgIpc) is 0.917. The topological polar surface area (TPSA) is 523 Å². The third-order valence-electron chi connectivity index (χ3n) is 12.7. The Kier molecular flexibility index (Phi) is 47.9. The van der Waals surface area contributed by atoms with Crippen molar-refractivity contribution in [1.29, 1.82) is 0 Å². The Morgan fingerprint density at radius 1 is 0.564 bits per heavy atom. The Labute approximate surface area is 553 Å². The van der Waals surface area contributed by atoms with Gasteiger partial charge in [0.05, 0.1) is 47.4 Å². The van der Waals surface area contributed by atoms with Crippen LogP contribution in [0.15, 0.2) is 48.5 Å². The van der Waals surface area contributed by atoms with Gasteiger partial charge in [-0.3, -0.25) is 53.8 Å². The molecular weight excluding hydrogens is 1280 g/mol. The molecular formula is C60H106N8O23Si3. The number of carbonyl (C=O) groups is 10. The molecule has 0 saturated carbocycles. The number of esters is 1. The van der Waals surface area contributed by atoms with E-state index in [0.29, 0.717) is 51.9 Å². The number of amides is 4. The molecule has 94 heavy (non-hydrogen) atoms. The van der Waals surface area contributed by atoms with Crippen molar-refractivity contribution in [1.82, 2.24) is 10.6 Å². The first kappa shape index (κ1) is 92.5. The van der Waals surface area contributed by atoms with Gasteiger partial charge >= 0.3 is 48.1 Å². The molecule has 0 aliphatic rings. The summed E-state index contributed by atoms with van der Waals surface area (Å²) >= 11 is 0. The number of nitrogens with zero attached hydrogens (tertiary/aromatic N) is 2. The molecule has 0 fully saturated rings. The van der Waals surface area contributed by atoms with Crippen LogP contribution in [0.25, 0.3) is 0 Å².